The Bertz CT molecular complexity index is 231. The smallest absolute Gasteiger partial charge is 0.333 e. The van der Waals surface area contributed by atoms with Gasteiger partial charge in [-0.05, 0) is 19.3 Å². The van der Waals surface area contributed by atoms with Crippen molar-refractivity contribution in [2.45, 2.75) is 51.9 Å². The van der Waals surface area contributed by atoms with E-state index in [2.05, 4.69) is 13.5 Å². The molecule has 0 aromatic carbocycles. The van der Waals surface area contributed by atoms with Gasteiger partial charge in [-0.15, -0.1) is 0 Å². The highest BCUT2D eigenvalue weighted by Crippen LogP contribution is 2.45. The number of rotatable bonds is 4. The first kappa shape index (κ1) is 12.3. The van der Waals surface area contributed by atoms with Gasteiger partial charge in [-0.1, -0.05) is 39.2 Å². The van der Waals surface area contributed by atoms with Crippen LogP contribution in [0.5, 0.6) is 0 Å². The van der Waals surface area contributed by atoms with Crippen molar-refractivity contribution in [3.8, 4) is 0 Å². The molecule has 2 heteroatoms. The van der Waals surface area contributed by atoms with Crippen LogP contribution >= 0.6 is 0 Å². The number of methoxy groups -OCH3 is 1. The summed E-state index contributed by atoms with van der Waals surface area (Å²) in [7, 11) is 1.44. The monoisotopic (exact) mass is 210 g/mol. The molecule has 0 aromatic heterocycles. The SMILES string of the molecule is C=C(C(=O)OC)C1(CCC)CCCCC1. The Labute approximate surface area is 92.7 Å². The summed E-state index contributed by atoms with van der Waals surface area (Å²) in [5.74, 6) is -0.217. The molecule has 1 aliphatic carbocycles. The van der Waals surface area contributed by atoms with Gasteiger partial charge in [-0.3, -0.25) is 0 Å². The van der Waals surface area contributed by atoms with E-state index in [9.17, 15) is 4.79 Å². The minimum Gasteiger partial charge on any atom is -0.466 e. The van der Waals surface area contributed by atoms with Gasteiger partial charge in [-0.2, -0.15) is 0 Å². The van der Waals surface area contributed by atoms with Gasteiger partial charge in [0.15, 0.2) is 0 Å². The predicted molar refractivity (Wildman–Crippen MR) is 61.6 cm³/mol. The van der Waals surface area contributed by atoms with E-state index in [-0.39, 0.29) is 11.4 Å². The second-order valence-electron chi connectivity index (χ2n) is 4.56. The van der Waals surface area contributed by atoms with E-state index >= 15 is 0 Å². The fraction of sp³-hybridized carbons (Fsp3) is 0.769. The van der Waals surface area contributed by atoms with Crippen LogP contribution in [0.4, 0.5) is 0 Å². The van der Waals surface area contributed by atoms with Crippen LogP contribution in [-0.2, 0) is 9.53 Å². The van der Waals surface area contributed by atoms with Crippen molar-refractivity contribution in [2.24, 2.45) is 5.41 Å². The first-order chi connectivity index (χ1) is 7.16. The van der Waals surface area contributed by atoms with Gasteiger partial charge in [0.2, 0.25) is 0 Å². The molecular weight excluding hydrogens is 188 g/mol. The lowest BCUT2D eigenvalue weighted by Gasteiger charge is -2.37. The lowest BCUT2D eigenvalue weighted by atomic mass is 9.67. The largest absolute Gasteiger partial charge is 0.466 e. The van der Waals surface area contributed by atoms with Crippen LogP contribution in [0.3, 0.4) is 0 Å². The van der Waals surface area contributed by atoms with Gasteiger partial charge < -0.3 is 4.74 Å². The molecule has 1 saturated carbocycles. The molecule has 0 aliphatic heterocycles. The lowest BCUT2D eigenvalue weighted by Crippen LogP contribution is -2.30. The van der Waals surface area contributed by atoms with E-state index in [0.29, 0.717) is 5.57 Å². The van der Waals surface area contributed by atoms with Crippen molar-refractivity contribution in [3.63, 3.8) is 0 Å². The van der Waals surface area contributed by atoms with Crippen molar-refractivity contribution in [2.75, 3.05) is 7.11 Å². The fourth-order valence-electron chi connectivity index (χ4n) is 2.75. The first-order valence-corrected chi connectivity index (χ1v) is 5.94. The molecule has 1 rings (SSSR count). The number of carbonyl (C=O) groups excluding carboxylic acids is 1. The summed E-state index contributed by atoms with van der Waals surface area (Å²) >= 11 is 0. The molecule has 0 aromatic rings. The Balaban J connectivity index is 2.79. The Morgan fingerprint density at radius 1 is 1.33 bits per heavy atom. The van der Waals surface area contributed by atoms with E-state index in [1.807, 2.05) is 0 Å². The summed E-state index contributed by atoms with van der Waals surface area (Å²) in [4.78, 5) is 11.6. The van der Waals surface area contributed by atoms with Gasteiger partial charge >= 0.3 is 5.97 Å². The summed E-state index contributed by atoms with van der Waals surface area (Å²) in [6, 6.07) is 0. The van der Waals surface area contributed by atoms with E-state index in [1.165, 1.54) is 26.4 Å². The summed E-state index contributed by atoms with van der Waals surface area (Å²) in [5, 5.41) is 0. The average Bonchev–Trinajstić information content (AvgIpc) is 2.28. The average molecular weight is 210 g/mol. The van der Waals surface area contributed by atoms with E-state index in [4.69, 9.17) is 4.74 Å². The van der Waals surface area contributed by atoms with Gasteiger partial charge in [-0.25, -0.2) is 4.79 Å². The molecule has 86 valence electrons. The molecule has 1 fully saturated rings. The molecule has 0 spiro atoms. The van der Waals surface area contributed by atoms with Crippen molar-refractivity contribution < 1.29 is 9.53 Å². The van der Waals surface area contributed by atoms with Crippen LogP contribution in [0, 0.1) is 5.41 Å². The normalized spacial score (nSPS) is 19.6. The van der Waals surface area contributed by atoms with Gasteiger partial charge in [0, 0.05) is 11.0 Å². The molecule has 0 bridgehead atoms. The molecular formula is C13H22O2. The quantitative estimate of drug-likeness (QED) is 0.524. The topological polar surface area (TPSA) is 26.3 Å². The standard InChI is InChI=1S/C13H22O2/c1-4-8-13(9-6-5-7-10-13)11(2)12(14)15-3/h2,4-10H2,1,3H3. The summed E-state index contributed by atoms with van der Waals surface area (Å²) in [6.45, 7) is 6.13. The van der Waals surface area contributed by atoms with Crippen molar-refractivity contribution in [1.29, 1.82) is 0 Å². The fourth-order valence-corrected chi connectivity index (χ4v) is 2.75. The minimum absolute atomic E-state index is 0.0418. The maximum absolute atomic E-state index is 11.6. The van der Waals surface area contributed by atoms with Crippen LogP contribution in [0.2, 0.25) is 0 Å². The molecule has 0 amide bonds. The molecule has 1 aliphatic rings. The molecule has 0 heterocycles. The van der Waals surface area contributed by atoms with E-state index < -0.39 is 0 Å². The first-order valence-electron chi connectivity index (χ1n) is 5.94. The Hall–Kier alpha value is -0.790. The summed E-state index contributed by atoms with van der Waals surface area (Å²) in [6.07, 6.45) is 8.12. The van der Waals surface area contributed by atoms with Gasteiger partial charge in [0.1, 0.15) is 0 Å². The third kappa shape index (κ3) is 2.61. The van der Waals surface area contributed by atoms with Crippen molar-refractivity contribution >= 4 is 5.97 Å². The molecule has 0 saturated heterocycles. The lowest BCUT2D eigenvalue weighted by molar-refractivity contribution is -0.137. The highest BCUT2D eigenvalue weighted by atomic mass is 16.5. The van der Waals surface area contributed by atoms with Crippen LogP contribution in [0.1, 0.15) is 51.9 Å². The third-order valence-corrected chi connectivity index (χ3v) is 3.61. The van der Waals surface area contributed by atoms with Crippen LogP contribution in [0.15, 0.2) is 12.2 Å². The number of carbonyl (C=O) groups is 1. The highest BCUT2D eigenvalue weighted by molar-refractivity contribution is 5.89. The summed E-state index contributed by atoms with van der Waals surface area (Å²) in [5.41, 5.74) is 0.742. The zero-order chi connectivity index (χ0) is 11.3. The molecule has 15 heavy (non-hydrogen) atoms. The predicted octanol–water partition coefficient (Wildman–Crippen LogP) is 3.47. The van der Waals surface area contributed by atoms with Crippen LogP contribution < -0.4 is 0 Å². The number of hydrogen-bond donors (Lipinski definition) is 0. The zero-order valence-electron chi connectivity index (χ0n) is 9.97. The zero-order valence-corrected chi connectivity index (χ0v) is 9.97. The van der Waals surface area contributed by atoms with Crippen LogP contribution in [-0.4, -0.2) is 13.1 Å². The summed E-state index contributed by atoms with van der Waals surface area (Å²) < 4.78 is 4.80. The maximum atomic E-state index is 11.6. The highest BCUT2D eigenvalue weighted by Gasteiger charge is 2.37. The third-order valence-electron chi connectivity index (χ3n) is 3.61. The second-order valence-corrected chi connectivity index (χ2v) is 4.56. The van der Waals surface area contributed by atoms with E-state index in [1.54, 1.807) is 0 Å². The molecule has 0 atom stereocenters. The molecule has 0 radical (unpaired) electrons. The second kappa shape index (κ2) is 5.34. The molecule has 0 N–H and O–H groups in total. The van der Waals surface area contributed by atoms with Gasteiger partial charge in [0.05, 0.1) is 7.11 Å². The Morgan fingerprint density at radius 3 is 2.40 bits per heavy atom. The number of hydrogen-bond acceptors (Lipinski definition) is 2. The molecule has 2 nitrogen and oxygen atoms in total. The van der Waals surface area contributed by atoms with E-state index in [0.717, 1.165) is 25.7 Å². The number of ether oxygens (including phenoxy) is 1. The van der Waals surface area contributed by atoms with Crippen molar-refractivity contribution in [1.82, 2.24) is 0 Å². The maximum Gasteiger partial charge on any atom is 0.333 e. The minimum atomic E-state index is -0.217. The molecule has 0 unspecified atom stereocenters. The van der Waals surface area contributed by atoms with Crippen molar-refractivity contribution in [3.05, 3.63) is 12.2 Å². The van der Waals surface area contributed by atoms with Gasteiger partial charge in [0.25, 0.3) is 0 Å². The Kier molecular flexibility index (Phi) is 4.37. The van der Waals surface area contributed by atoms with Crippen LogP contribution in [0.25, 0.3) is 0 Å². The number of esters is 1. The Morgan fingerprint density at radius 2 is 1.93 bits per heavy atom.